The maximum absolute atomic E-state index is 4.83. The number of benzene rings is 1. The van der Waals surface area contributed by atoms with Crippen molar-refractivity contribution in [2.75, 3.05) is 13.1 Å². The van der Waals surface area contributed by atoms with Gasteiger partial charge in [-0.15, -0.1) is 11.3 Å². The zero-order chi connectivity index (χ0) is 11.9. The van der Waals surface area contributed by atoms with Crippen LogP contribution < -0.4 is 5.32 Å². The Labute approximate surface area is 111 Å². The second-order valence-electron chi connectivity index (χ2n) is 5.58. The number of thiazole rings is 1. The second kappa shape index (κ2) is 4.32. The lowest BCUT2D eigenvalue weighted by molar-refractivity contribution is 0.460. The van der Waals surface area contributed by atoms with Gasteiger partial charge in [-0.25, -0.2) is 4.98 Å². The predicted octanol–water partition coefficient (Wildman–Crippen LogP) is 3.64. The molecule has 1 aliphatic carbocycles. The van der Waals surface area contributed by atoms with Gasteiger partial charge in [0, 0.05) is 5.92 Å². The van der Waals surface area contributed by atoms with Gasteiger partial charge in [0.25, 0.3) is 0 Å². The minimum absolute atomic E-state index is 0.738. The van der Waals surface area contributed by atoms with Crippen molar-refractivity contribution in [3.05, 3.63) is 28.8 Å². The molecule has 3 heteroatoms. The Balaban J connectivity index is 1.69. The third-order valence-electron chi connectivity index (χ3n) is 4.17. The molecule has 0 bridgehead atoms. The molecule has 18 heavy (non-hydrogen) atoms. The van der Waals surface area contributed by atoms with Gasteiger partial charge >= 0.3 is 0 Å². The van der Waals surface area contributed by atoms with E-state index in [1.54, 1.807) is 0 Å². The lowest BCUT2D eigenvalue weighted by Crippen LogP contribution is -2.26. The summed E-state index contributed by atoms with van der Waals surface area (Å²) in [6, 6.07) is 6.96. The Morgan fingerprint density at radius 3 is 2.67 bits per heavy atom. The summed E-state index contributed by atoms with van der Waals surface area (Å²) in [6.07, 6.45) is 5.23. The minimum atomic E-state index is 0.738. The monoisotopic (exact) mass is 258 g/mol. The summed E-state index contributed by atoms with van der Waals surface area (Å²) in [5.74, 6) is 1.52. The molecule has 0 radical (unpaired) electrons. The summed E-state index contributed by atoms with van der Waals surface area (Å²) in [4.78, 5) is 4.83. The van der Waals surface area contributed by atoms with Gasteiger partial charge in [0.05, 0.1) is 15.2 Å². The normalized spacial score (nSPS) is 21.6. The highest BCUT2D eigenvalue weighted by atomic mass is 32.1. The molecular weight excluding hydrogens is 240 g/mol. The van der Waals surface area contributed by atoms with Crippen LogP contribution in [-0.4, -0.2) is 18.1 Å². The molecule has 2 aromatic rings. The van der Waals surface area contributed by atoms with E-state index in [1.807, 2.05) is 11.3 Å². The van der Waals surface area contributed by atoms with Crippen molar-refractivity contribution in [3.8, 4) is 0 Å². The first-order valence-corrected chi connectivity index (χ1v) is 7.83. The first-order valence-electron chi connectivity index (χ1n) is 7.01. The number of rotatable bonds is 2. The second-order valence-corrected chi connectivity index (χ2v) is 6.64. The Kier molecular flexibility index (Phi) is 2.63. The summed E-state index contributed by atoms with van der Waals surface area (Å²) >= 11 is 1.90. The summed E-state index contributed by atoms with van der Waals surface area (Å²) in [5, 5.41) is 4.80. The molecule has 94 valence electrons. The maximum atomic E-state index is 4.83. The summed E-state index contributed by atoms with van der Waals surface area (Å²) in [7, 11) is 0. The number of nitrogens with one attached hydrogen (secondary N) is 1. The fourth-order valence-corrected chi connectivity index (χ4v) is 3.99. The smallest absolute Gasteiger partial charge is 0.0969 e. The van der Waals surface area contributed by atoms with Crippen LogP contribution in [0.1, 0.15) is 48.1 Å². The van der Waals surface area contributed by atoms with Gasteiger partial charge in [-0.2, -0.15) is 0 Å². The Morgan fingerprint density at radius 1 is 1.06 bits per heavy atom. The zero-order valence-corrected chi connectivity index (χ0v) is 11.3. The molecule has 1 aromatic carbocycles. The SMILES string of the molecule is c1cc2sc(C3CC3)nc2cc1C1CCNCC1. The van der Waals surface area contributed by atoms with Crippen LogP contribution in [0.25, 0.3) is 10.2 Å². The van der Waals surface area contributed by atoms with Gasteiger partial charge in [0.15, 0.2) is 0 Å². The lowest BCUT2D eigenvalue weighted by Gasteiger charge is -2.22. The van der Waals surface area contributed by atoms with Gasteiger partial charge in [-0.1, -0.05) is 6.07 Å². The van der Waals surface area contributed by atoms with E-state index in [0.717, 1.165) is 24.9 Å². The molecule has 0 spiro atoms. The molecule has 2 fully saturated rings. The van der Waals surface area contributed by atoms with Crippen LogP contribution in [0, 0.1) is 0 Å². The molecule has 1 aliphatic heterocycles. The van der Waals surface area contributed by atoms with Crippen LogP contribution in [0.5, 0.6) is 0 Å². The largest absolute Gasteiger partial charge is 0.317 e. The van der Waals surface area contributed by atoms with Crippen molar-refractivity contribution in [3.63, 3.8) is 0 Å². The third-order valence-corrected chi connectivity index (χ3v) is 5.36. The predicted molar refractivity (Wildman–Crippen MR) is 76.4 cm³/mol. The summed E-state index contributed by atoms with van der Waals surface area (Å²) < 4.78 is 1.37. The topological polar surface area (TPSA) is 24.9 Å². The van der Waals surface area contributed by atoms with E-state index in [-0.39, 0.29) is 0 Å². The van der Waals surface area contributed by atoms with Crippen LogP contribution in [0.3, 0.4) is 0 Å². The molecule has 0 unspecified atom stereocenters. The molecule has 4 rings (SSSR count). The fourth-order valence-electron chi connectivity index (χ4n) is 2.88. The standard InChI is InChI=1S/C15H18N2S/c1-2-11(1)15-17-13-9-12(3-4-14(13)18-15)10-5-7-16-8-6-10/h3-4,9-11,16H,1-2,5-8H2. The average Bonchev–Trinajstić information content (AvgIpc) is 3.19. The molecule has 2 aliphatic rings. The van der Waals surface area contributed by atoms with E-state index in [9.17, 15) is 0 Å². The van der Waals surface area contributed by atoms with Crippen molar-refractivity contribution in [1.29, 1.82) is 0 Å². The van der Waals surface area contributed by atoms with Gasteiger partial charge in [0.1, 0.15) is 0 Å². The molecule has 1 N–H and O–H groups in total. The van der Waals surface area contributed by atoms with Gasteiger partial charge in [-0.3, -0.25) is 0 Å². The van der Waals surface area contributed by atoms with E-state index >= 15 is 0 Å². The molecular formula is C15H18N2S. The van der Waals surface area contributed by atoms with Crippen molar-refractivity contribution in [2.24, 2.45) is 0 Å². The quantitative estimate of drug-likeness (QED) is 0.889. The molecule has 0 amide bonds. The number of fused-ring (bicyclic) bond motifs is 1. The molecule has 0 atom stereocenters. The van der Waals surface area contributed by atoms with E-state index in [1.165, 1.54) is 46.5 Å². The highest BCUT2D eigenvalue weighted by molar-refractivity contribution is 7.18. The summed E-state index contributed by atoms with van der Waals surface area (Å²) in [6.45, 7) is 2.32. The van der Waals surface area contributed by atoms with Crippen molar-refractivity contribution < 1.29 is 0 Å². The van der Waals surface area contributed by atoms with Gasteiger partial charge in [-0.05, 0) is 62.4 Å². The number of aromatic nitrogens is 1. The van der Waals surface area contributed by atoms with Crippen LogP contribution >= 0.6 is 11.3 Å². The van der Waals surface area contributed by atoms with Crippen molar-refractivity contribution in [1.82, 2.24) is 10.3 Å². The van der Waals surface area contributed by atoms with E-state index < -0.39 is 0 Å². The fraction of sp³-hybridized carbons (Fsp3) is 0.533. The van der Waals surface area contributed by atoms with Crippen LogP contribution in [0.4, 0.5) is 0 Å². The number of piperidine rings is 1. The van der Waals surface area contributed by atoms with E-state index in [2.05, 4.69) is 23.5 Å². The highest BCUT2D eigenvalue weighted by Crippen LogP contribution is 2.43. The molecule has 1 saturated heterocycles. The number of nitrogens with zero attached hydrogens (tertiary/aromatic N) is 1. The van der Waals surface area contributed by atoms with Crippen molar-refractivity contribution in [2.45, 2.75) is 37.5 Å². The Hall–Kier alpha value is -0.930. The first kappa shape index (κ1) is 10.9. The number of hydrogen-bond acceptors (Lipinski definition) is 3. The van der Waals surface area contributed by atoms with Crippen LogP contribution in [0.2, 0.25) is 0 Å². The van der Waals surface area contributed by atoms with E-state index in [0.29, 0.717) is 0 Å². The molecule has 1 aromatic heterocycles. The zero-order valence-electron chi connectivity index (χ0n) is 10.5. The molecule has 2 heterocycles. The van der Waals surface area contributed by atoms with Gasteiger partial charge in [0.2, 0.25) is 0 Å². The minimum Gasteiger partial charge on any atom is -0.317 e. The Morgan fingerprint density at radius 2 is 1.89 bits per heavy atom. The lowest BCUT2D eigenvalue weighted by atomic mass is 9.90. The van der Waals surface area contributed by atoms with Crippen LogP contribution in [0.15, 0.2) is 18.2 Å². The third kappa shape index (κ3) is 1.95. The number of hydrogen-bond donors (Lipinski definition) is 1. The highest BCUT2D eigenvalue weighted by Gasteiger charge is 2.27. The average molecular weight is 258 g/mol. The van der Waals surface area contributed by atoms with Gasteiger partial charge < -0.3 is 5.32 Å². The van der Waals surface area contributed by atoms with Crippen LogP contribution in [-0.2, 0) is 0 Å². The van der Waals surface area contributed by atoms with E-state index in [4.69, 9.17) is 4.98 Å². The first-order chi connectivity index (χ1) is 8.90. The van der Waals surface area contributed by atoms with Crippen molar-refractivity contribution >= 4 is 21.6 Å². The molecule has 2 nitrogen and oxygen atoms in total. The molecule has 1 saturated carbocycles. The maximum Gasteiger partial charge on any atom is 0.0969 e. The Bertz CT molecular complexity index is 565. The summed E-state index contributed by atoms with van der Waals surface area (Å²) in [5.41, 5.74) is 2.73.